The molecular weight excluding hydrogens is 192 g/mol. The van der Waals surface area contributed by atoms with Gasteiger partial charge in [0.25, 0.3) is 0 Å². The van der Waals surface area contributed by atoms with Crippen molar-refractivity contribution in [2.75, 3.05) is 25.2 Å². The van der Waals surface area contributed by atoms with E-state index >= 15 is 0 Å². The summed E-state index contributed by atoms with van der Waals surface area (Å²) in [6.45, 7) is 0.273. The molecule has 1 heterocycles. The fourth-order valence-corrected chi connectivity index (χ4v) is 2.40. The highest BCUT2D eigenvalue weighted by atomic mass is 32.2. The maximum atomic E-state index is 10.9. The monoisotopic (exact) mass is 206 g/mol. The number of hydrogen-bond acceptors (Lipinski definition) is 4. The van der Waals surface area contributed by atoms with E-state index in [2.05, 4.69) is 15.6 Å². The maximum absolute atomic E-state index is 10.9. The number of nitrogens with one attached hydrogen (secondary N) is 2. The second-order valence-corrected chi connectivity index (χ2v) is 4.12. The van der Waals surface area contributed by atoms with Gasteiger partial charge in [-0.2, -0.15) is 11.8 Å². The summed E-state index contributed by atoms with van der Waals surface area (Å²) in [6, 6.07) is -0.423. The molecule has 0 bridgehead atoms. The smallest absolute Gasteiger partial charge is 0.338 e. The second-order valence-electron chi connectivity index (χ2n) is 3.02. The Hall–Kier alpha value is -0.460. The SMILES string of the molecule is CONC(=O)NCC1(O)CCSC1. The van der Waals surface area contributed by atoms with Gasteiger partial charge < -0.3 is 10.4 Å². The van der Waals surface area contributed by atoms with Gasteiger partial charge in [-0.05, 0) is 12.2 Å². The minimum Gasteiger partial charge on any atom is -0.387 e. The fourth-order valence-electron chi connectivity index (χ4n) is 1.11. The van der Waals surface area contributed by atoms with Crippen molar-refractivity contribution >= 4 is 17.8 Å². The number of hydrogen-bond donors (Lipinski definition) is 3. The number of hydroxylamine groups is 1. The third kappa shape index (κ3) is 3.41. The van der Waals surface area contributed by atoms with Crippen LogP contribution in [0.4, 0.5) is 4.79 Å². The number of amides is 2. The Kier molecular flexibility index (Phi) is 3.83. The molecule has 0 radical (unpaired) electrons. The molecule has 1 fully saturated rings. The molecule has 0 aromatic heterocycles. The van der Waals surface area contributed by atoms with E-state index in [9.17, 15) is 9.90 Å². The van der Waals surface area contributed by atoms with Crippen LogP contribution in [0.5, 0.6) is 0 Å². The normalized spacial score (nSPS) is 27.2. The van der Waals surface area contributed by atoms with Crippen molar-refractivity contribution in [3.05, 3.63) is 0 Å². The van der Waals surface area contributed by atoms with Gasteiger partial charge in [0.2, 0.25) is 0 Å². The molecule has 1 atom stereocenters. The van der Waals surface area contributed by atoms with Crippen LogP contribution in [0, 0.1) is 0 Å². The van der Waals surface area contributed by atoms with Gasteiger partial charge in [-0.1, -0.05) is 0 Å². The number of carbonyl (C=O) groups is 1. The van der Waals surface area contributed by atoms with Gasteiger partial charge in [0.1, 0.15) is 0 Å². The lowest BCUT2D eigenvalue weighted by atomic mass is 10.0. The molecule has 0 aromatic carbocycles. The molecule has 76 valence electrons. The van der Waals surface area contributed by atoms with Crippen LogP contribution in [0.1, 0.15) is 6.42 Å². The number of rotatable bonds is 3. The lowest BCUT2D eigenvalue weighted by Gasteiger charge is -2.21. The van der Waals surface area contributed by atoms with E-state index in [1.54, 1.807) is 11.8 Å². The van der Waals surface area contributed by atoms with Gasteiger partial charge in [-0.15, -0.1) is 0 Å². The van der Waals surface area contributed by atoms with Crippen LogP contribution in [0.25, 0.3) is 0 Å². The van der Waals surface area contributed by atoms with E-state index in [1.165, 1.54) is 7.11 Å². The highest BCUT2D eigenvalue weighted by molar-refractivity contribution is 7.99. The molecule has 0 aromatic rings. The van der Waals surface area contributed by atoms with Crippen LogP contribution in [-0.4, -0.2) is 41.9 Å². The van der Waals surface area contributed by atoms with Crippen molar-refractivity contribution < 1.29 is 14.7 Å². The minimum atomic E-state index is -0.740. The second kappa shape index (κ2) is 4.69. The molecule has 13 heavy (non-hydrogen) atoms. The van der Waals surface area contributed by atoms with Crippen LogP contribution in [0.15, 0.2) is 0 Å². The van der Waals surface area contributed by atoms with Crippen LogP contribution in [0.2, 0.25) is 0 Å². The molecule has 0 spiro atoms. The molecule has 2 amide bonds. The summed E-state index contributed by atoms with van der Waals surface area (Å²) in [5.41, 5.74) is 1.38. The lowest BCUT2D eigenvalue weighted by molar-refractivity contribution is 0.0637. The zero-order valence-corrected chi connectivity index (χ0v) is 8.32. The molecule has 1 unspecified atom stereocenters. The van der Waals surface area contributed by atoms with Crippen molar-refractivity contribution in [2.24, 2.45) is 0 Å². The Morgan fingerprint density at radius 2 is 2.54 bits per heavy atom. The predicted molar refractivity (Wildman–Crippen MR) is 50.4 cm³/mol. The van der Waals surface area contributed by atoms with E-state index in [-0.39, 0.29) is 6.54 Å². The third-order valence-corrected chi connectivity index (χ3v) is 3.09. The van der Waals surface area contributed by atoms with Crippen molar-refractivity contribution in [2.45, 2.75) is 12.0 Å². The Morgan fingerprint density at radius 1 is 1.77 bits per heavy atom. The molecule has 1 aliphatic rings. The molecule has 1 saturated heterocycles. The van der Waals surface area contributed by atoms with Gasteiger partial charge in [0.15, 0.2) is 0 Å². The number of thioether (sulfide) groups is 1. The molecule has 1 rings (SSSR count). The van der Waals surface area contributed by atoms with Crippen LogP contribution in [0.3, 0.4) is 0 Å². The minimum absolute atomic E-state index is 0.273. The first-order chi connectivity index (χ1) is 6.16. The summed E-state index contributed by atoms with van der Waals surface area (Å²) in [6.07, 6.45) is 0.727. The first-order valence-corrected chi connectivity index (χ1v) is 5.19. The van der Waals surface area contributed by atoms with E-state index < -0.39 is 11.6 Å². The van der Waals surface area contributed by atoms with Crippen LogP contribution in [-0.2, 0) is 4.84 Å². The van der Waals surface area contributed by atoms with Crippen molar-refractivity contribution in [3.8, 4) is 0 Å². The van der Waals surface area contributed by atoms with Crippen LogP contribution < -0.4 is 10.8 Å². The third-order valence-electron chi connectivity index (χ3n) is 1.86. The highest BCUT2D eigenvalue weighted by Gasteiger charge is 2.31. The molecule has 0 aliphatic carbocycles. The van der Waals surface area contributed by atoms with E-state index in [0.717, 1.165) is 12.2 Å². The quantitative estimate of drug-likeness (QED) is 0.555. The predicted octanol–water partition coefficient (Wildman–Crippen LogP) is -0.285. The van der Waals surface area contributed by atoms with Gasteiger partial charge in [0.05, 0.1) is 12.7 Å². The molecule has 0 saturated carbocycles. The van der Waals surface area contributed by atoms with Gasteiger partial charge >= 0.3 is 6.03 Å². The number of aliphatic hydroxyl groups is 1. The highest BCUT2D eigenvalue weighted by Crippen LogP contribution is 2.26. The van der Waals surface area contributed by atoms with Crippen molar-refractivity contribution in [1.82, 2.24) is 10.8 Å². The number of urea groups is 1. The fraction of sp³-hybridized carbons (Fsp3) is 0.857. The first kappa shape index (κ1) is 10.6. The lowest BCUT2D eigenvalue weighted by Crippen LogP contribution is -2.46. The molecule has 1 aliphatic heterocycles. The number of carbonyl (C=O) groups excluding carboxylic acids is 1. The van der Waals surface area contributed by atoms with Gasteiger partial charge in [0, 0.05) is 12.3 Å². The Labute approximate surface area is 81.2 Å². The van der Waals surface area contributed by atoms with E-state index in [1.807, 2.05) is 0 Å². The maximum Gasteiger partial charge on any atom is 0.338 e. The van der Waals surface area contributed by atoms with Crippen LogP contribution >= 0.6 is 11.8 Å². The summed E-state index contributed by atoms with van der Waals surface area (Å²) in [5.74, 6) is 1.63. The summed E-state index contributed by atoms with van der Waals surface area (Å²) in [5, 5.41) is 12.3. The summed E-state index contributed by atoms with van der Waals surface area (Å²) >= 11 is 1.69. The molecule has 5 nitrogen and oxygen atoms in total. The Morgan fingerprint density at radius 3 is 3.08 bits per heavy atom. The average Bonchev–Trinajstić information content (AvgIpc) is 2.51. The van der Waals surface area contributed by atoms with Gasteiger partial charge in [-0.3, -0.25) is 4.84 Å². The first-order valence-electron chi connectivity index (χ1n) is 4.03. The topological polar surface area (TPSA) is 70.6 Å². The largest absolute Gasteiger partial charge is 0.387 e. The van der Waals surface area contributed by atoms with Crippen molar-refractivity contribution in [1.29, 1.82) is 0 Å². The zero-order chi connectivity index (χ0) is 9.73. The summed E-state index contributed by atoms with van der Waals surface area (Å²) in [7, 11) is 1.36. The van der Waals surface area contributed by atoms with Gasteiger partial charge in [-0.25, -0.2) is 10.3 Å². The van der Waals surface area contributed by atoms with E-state index in [0.29, 0.717) is 5.75 Å². The summed E-state index contributed by atoms with van der Waals surface area (Å²) < 4.78 is 0. The molecule has 3 N–H and O–H groups in total. The molecular formula is C7H14N2O3S. The average molecular weight is 206 g/mol. The Bertz CT molecular complexity index is 183. The van der Waals surface area contributed by atoms with E-state index in [4.69, 9.17) is 0 Å². The Balaban J connectivity index is 2.21. The summed E-state index contributed by atoms with van der Waals surface area (Å²) in [4.78, 5) is 15.3. The standard InChI is InChI=1S/C7H14N2O3S/c1-12-9-6(10)8-4-7(11)2-3-13-5-7/h11H,2-5H2,1H3,(H2,8,9,10). The van der Waals surface area contributed by atoms with Crippen molar-refractivity contribution in [3.63, 3.8) is 0 Å². The molecule has 6 heteroatoms. The zero-order valence-electron chi connectivity index (χ0n) is 7.50.